The summed E-state index contributed by atoms with van der Waals surface area (Å²) in [6.07, 6.45) is 3.27. The first-order valence-corrected chi connectivity index (χ1v) is 10.6. The summed E-state index contributed by atoms with van der Waals surface area (Å²) < 4.78 is 11.1. The number of ether oxygens (including phenoxy) is 2. The van der Waals surface area contributed by atoms with Gasteiger partial charge in [0, 0.05) is 4.88 Å². The lowest BCUT2D eigenvalue weighted by atomic mass is 9.95. The first kappa shape index (κ1) is 20.4. The Morgan fingerprint density at radius 3 is 2.68 bits per heavy atom. The molecule has 0 radical (unpaired) electrons. The third-order valence-electron chi connectivity index (χ3n) is 4.89. The Hall–Kier alpha value is -2.34. The minimum absolute atomic E-state index is 0.274. The summed E-state index contributed by atoms with van der Waals surface area (Å²) in [6, 6.07) is 5.85. The van der Waals surface area contributed by atoms with Crippen molar-refractivity contribution in [3.8, 4) is 5.75 Å². The third kappa shape index (κ3) is 4.38. The van der Waals surface area contributed by atoms with Crippen LogP contribution in [0.2, 0.25) is 0 Å². The fourth-order valence-electron chi connectivity index (χ4n) is 3.46. The summed E-state index contributed by atoms with van der Waals surface area (Å²) in [4.78, 5) is 26.5. The van der Waals surface area contributed by atoms with Crippen LogP contribution in [0.4, 0.5) is 5.00 Å². The number of thiophene rings is 1. The van der Waals surface area contributed by atoms with Crippen molar-refractivity contribution in [2.75, 3.05) is 11.9 Å². The number of hydrogen-bond acceptors (Lipinski definition) is 5. The molecule has 0 bridgehead atoms. The molecule has 1 amide bonds. The van der Waals surface area contributed by atoms with Gasteiger partial charge in [-0.15, -0.1) is 11.3 Å². The van der Waals surface area contributed by atoms with Crippen molar-refractivity contribution in [1.29, 1.82) is 0 Å². The van der Waals surface area contributed by atoms with Crippen molar-refractivity contribution in [3.05, 3.63) is 45.3 Å². The van der Waals surface area contributed by atoms with Crippen LogP contribution < -0.4 is 10.1 Å². The van der Waals surface area contributed by atoms with Crippen LogP contribution in [0.25, 0.3) is 0 Å². The third-order valence-corrected chi connectivity index (χ3v) is 6.10. The van der Waals surface area contributed by atoms with E-state index in [2.05, 4.69) is 5.32 Å². The molecule has 0 saturated heterocycles. The average molecular weight is 402 g/mol. The second kappa shape index (κ2) is 8.78. The second-order valence-electron chi connectivity index (χ2n) is 7.15. The van der Waals surface area contributed by atoms with E-state index in [0.29, 0.717) is 22.9 Å². The highest BCUT2D eigenvalue weighted by molar-refractivity contribution is 7.17. The van der Waals surface area contributed by atoms with Gasteiger partial charge in [0.05, 0.1) is 12.2 Å². The van der Waals surface area contributed by atoms with E-state index in [1.54, 1.807) is 13.8 Å². The summed E-state index contributed by atoms with van der Waals surface area (Å²) >= 11 is 1.48. The van der Waals surface area contributed by atoms with Crippen LogP contribution in [0.15, 0.2) is 18.2 Å². The molecule has 1 atom stereocenters. The predicted molar refractivity (Wildman–Crippen MR) is 112 cm³/mol. The molecule has 1 aromatic heterocycles. The Morgan fingerprint density at radius 1 is 1.21 bits per heavy atom. The number of esters is 1. The molecule has 0 saturated carbocycles. The van der Waals surface area contributed by atoms with Crippen LogP contribution in [0.3, 0.4) is 0 Å². The molecule has 0 fully saturated rings. The van der Waals surface area contributed by atoms with Gasteiger partial charge in [0.15, 0.2) is 6.10 Å². The van der Waals surface area contributed by atoms with Crippen molar-refractivity contribution < 1.29 is 19.1 Å². The predicted octanol–water partition coefficient (Wildman–Crippen LogP) is 4.83. The lowest BCUT2D eigenvalue weighted by Crippen LogP contribution is -2.30. The summed E-state index contributed by atoms with van der Waals surface area (Å²) in [6.45, 7) is 7.78. The highest BCUT2D eigenvalue weighted by atomic mass is 32.1. The van der Waals surface area contributed by atoms with E-state index in [1.807, 2.05) is 32.0 Å². The van der Waals surface area contributed by atoms with Gasteiger partial charge in [0.25, 0.3) is 5.91 Å². The number of aryl methyl sites for hydroxylation is 3. The topological polar surface area (TPSA) is 64.6 Å². The maximum absolute atomic E-state index is 12.8. The molecule has 0 spiro atoms. The highest BCUT2D eigenvalue weighted by Crippen LogP contribution is 2.38. The zero-order valence-electron chi connectivity index (χ0n) is 16.9. The largest absolute Gasteiger partial charge is 0.481 e. The van der Waals surface area contributed by atoms with Crippen molar-refractivity contribution >= 4 is 28.2 Å². The Kier molecular flexibility index (Phi) is 6.39. The van der Waals surface area contributed by atoms with Crippen molar-refractivity contribution in [1.82, 2.24) is 0 Å². The Morgan fingerprint density at radius 2 is 1.96 bits per heavy atom. The molecule has 0 unspecified atom stereocenters. The quantitative estimate of drug-likeness (QED) is 0.705. The number of hydrogen-bond donors (Lipinski definition) is 1. The van der Waals surface area contributed by atoms with Crippen LogP contribution in [0, 0.1) is 13.8 Å². The van der Waals surface area contributed by atoms with Gasteiger partial charge < -0.3 is 14.8 Å². The lowest BCUT2D eigenvalue weighted by molar-refractivity contribution is -0.122. The maximum Gasteiger partial charge on any atom is 0.341 e. The molecular weight excluding hydrogens is 374 g/mol. The number of benzene rings is 1. The average Bonchev–Trinajstić information content (AvgIpc) is 3.02. The second-order valence-corrected chi connectivity index (χ2v) is 8.26. The van der Waals surface area contributed by atoms with Crippen molar-refractivity contribution in [2.24, 2.45) is 0 Å². The van der Waals surface area contributed by atoms with E-state index >= 15 is 0 Å². The summed E-state index contributed by atoms with van der Waals surface area (Å²) in [5.41, 5.74) is 3.69. The fraction of sp³-hybridized carbons (Fsp3) is 0.455. The normalized spacial score (nSPS) is 14.1. The maximum atomic E-state index is 12.8. The smallest absolute Gasteiger partial charge is 0.341 e. The lowest BCUT2D eigenvalue weighted by Gasteiger charge is -2.17. The summed E-state index contributed by atoms with van der Waals surface area (Å²) in [5, 5.41) is 3.49. The molecule has 1 heterocycles. The highest BCUT2D eigenvalue weighted by Gasteiger charge is 2.28. The minimum Gasteiger partial charge on any atom is -0.481 e. The Labute approximate surface area is 170 Å². The molecule has 0 aliphatic heterocycles. The van der Waals surface area contributed by atoms with Gasteiger partial charge >= 0.3 is 5.97 Å². The van der Waals surface area contributed by atoms with Gasteiger partial charge in [-0.05, 0) is 70.6 Å². The van der Waals surface area contributed by atoms with Gasteiger partial charge in [0.2, 0.25) is 0 Å². The molecular formula is C22H27NO4S. The summed E-state index contributed by atoms with van der Waals surface area (Å²) in [5.74, 6) is 0.0496. The zero-order valence-corrected chi connectivity index (χ0v) is 17.7. The molecule has 6 heteroatoms. The van der Waals surface area contributed by atoms with Crippen molar-refractivity contribution in [2.45, 2.75) is 59.5 Å². The fourth-order valence-corrected chi connectivity index (χ4v) is 4.74. The molecule has 150 valence electrons. The van der Waals surface area contributed by atoms with E-state index in [4.69, 9.17) is 9.47 Å². The van der Waals surface area contributed by atoms with Crippen LogP contribution in [0.5, 0.6) is 5.75 Å². The molecule has 1 aliphatic rings. The van der Waals surface area contributed by atoms with Crippen LogP contribution >= 0.6 is 11.3 Å². The number of carbonyl (C=O) groups excluding carboxylic acids is 2. The SMILES string of the molecule is CCOC(=O)c1c(NC(=O)[C@@H](C)Oc2ccc(C)cc2C)sc2c1CCCC2. The Balaban J connectivity index is 1.79. The van der Waals surface area contributed by atoms with Gasteiger partial charge in [0.1, 0.15) is 10.8 Å². The number of fused-ring (bicyclic) bond motifs is 1. The summed E-state index contributed by atoms with van der Waals surface area (Å²) in [7, 11) is 0. The Bertz CT molecular complexity index is 887. The molecule has 1 N–H and O–H groups in total. The van der Waals surface area contributed by atoms with Crippen LogP contribution in [-0.2, 0) is 22.4 Å². The molecule has 1 aliphatic carbocycles. The molecule has 5 nitrogen and oxygen atoms in total. The molecule has 3 rings (SSSR count). The van der Waals surface area contributed by atoms with E-state index in [-0.39, 0.29) is 11.9 Å². The van der Waals surface area contributed by atoms with Crippen LogP contribution in [-0.4, -0.2) is 24.6 Å². The van der Waals surface area contributed by atoms with Gasteiger partial charge in [-0.3, -0.25) is 4.79 Å². The molecule has 28 heavy (non-hydrogen) atoms. The van der Waals surface area contributed by atoms with E-state index in [9.17, 15) is 9.59 Å². The number of anilines is 1. The number of amides is 1. The van der Waals surface area contributed by atoms with Crippen LogP contribution in [0.1, 0.15) is 58.6 Å². The van der Waals surface area contributed by atoms with Gasteiger partial charge in [-0.1, -0.05) is 17.7 Å². The van der Waals surface area contributed by atoms with E-state index in [0.717, 1.165) is 42.4 Å². The minimum atomic E-state index is -0.685. The first-order chi connectivity index (χ1) is 13.4. The standard InChI is InChI=1S/C22H27NO4S/c1-5-26-22(25)19-16-8-6-7-9-18(16)28-21(19)23-20(24)15(4)27-17-11-10-13(2)12-14(17)3/h10-12,15H,5-9H2,1-4H3,(H,23,24)/t15-/m1/s1. The molecule has 1 aromatic carbocycles. The van der Waals surface area contributed by atoms with Gasteiger partial charge in [-0.25, -0.2) is 4.79 Å². The van der Waals surface area contributed by atoms with Crippen molar-refractivity contribution in [3.63, 3.8) is 0 Å². The number of nitrogens with one attached hydrogen (secondary N) is 1. The van der Waals surface area contributed by atoms with Gasteiger partial charge in [-0.2, -0.15) is 0 Å². The number of carbonyl (C=O) groups is 2. The van der Waals surface area contributed by atoms with E-state index in [1.165, 1.54) is 16.2 Å². The molecule has 2 aromatic rings. The first-order valence-electron chi connectivity index (χ1n) is 9.77. The van der Waals surface area contributed by atoms with E-state index < -0.39 is 6.10 Å². The zero-order chi connectivity index (χ0) is 20.3. The monoisotopic (exact) mass is 401 g/mol. The number of rotatable bonds is 6.